The number of rotatable bonds is 3. The number of carbonyl (C=O) groups is 1. The van der Waals surface area contributed by atoms with Crippen molar-refractivity contribution in [2.75, 3.05) is 10.6 Å². The highest BCUT2D eigenvalue weighted by Gasteiger charge is 2.19. The van der Waals surface area contributed by atoms with Crippen molar-refractivity contribution in [2.24, 2.45) is 0 Å². The molecule has 0 unspecified atom stereocenters. The van der Waals surface area contributed by atoms with Gasteiger partial charge in [-0.25, -0.2) is 14.2 Å². The molecule has 29 heavy (non-hydrogen) atoms. The van der Waals surface area contributed by atoms with Gasteiger partial charge in [0, 0.05) is 17.4 Å². The van der Waals surface area contributed by atoms with Gasteiger partial charge in [0.25, 0.3) is 0 Å². The summed E-state index contributed by atoms with van der Waals surface area (Å²) in [5.41, 5.74) is 5.24. The number of fused-ring (bicyclic) bond motifs is 1. The first-order valence-electron chi connectivity index (χ1n) is 9.31. The smallest absolute Gasteiger partial charge is 0.308 e. The summed E-state index contributed by atoms with van der Waals surface area (Å²) in [5.74, 6) is 0.0142. The minimum atomic E-state index is -0.422. The summed E-state index contributed by atoms with van der Waals surface area (Å²) in [6.45, 7) is 5.95. The molecule has 0 atom stereocenters. The van der Waals surface area contributed by atoms with Gasteiger partial charge >= 0.3 is 6.03 Å². The van der Waals surface area contributed by atoms with Crippen molar-refractivity contribution < 1.29 is 9.18 Å². The van der Waals surface area contributed by atoms with E-state index in [1.165, 1.54) is 6.07 Å². The molecular formula is C23H21FN4O. The predicted molar refractivity (Wildman–Crippen MR) is 114 cm³/mol. The number of hydrogen-bond donors (Lipinski definition) is 2. The van der Waals surface area contributed by atoms with Crippen molar-refractivity contribution in [2.45, 2.75) is 20.8 Å². The molecule has 0 aliphatic heterocycles. The number of nitrogens with zero attached hydrogens (tertiary/aromatic N) is 2. The number of halogens is 1. The molecule has 0 bridgehead atoms. The fraction of sp³-hybridized carbons (Fsp3) is 0.130. The van der Waals surface area contributed by atoms with Gasteiger partial charge in [-0.3, -0.25) is 9.72 Å². The monoisotopic (exact) mass is 388 g/mol. The molecule has 6 heteroatoms. The topological polar surface area (TPSA) is 58.4 Å². The Hall–Kier alpha value is -3.67. The van der Waals surface area contributed by atoms with Crippen LogP contribution < -0.4 is 10.6 Å². The van der Waals surface area contributed by atoms with Gasteiger partial charge in [-0.15, -0.1) is 0 Å². The number of imidazole rings is 1. The highest BCUT2D eigenvalue weighted by Crippen LogP contribution is 2.31. The Kier molecular flexibility index (Phi) is 4.76. The Morgan fingerprint density at radius 3 is 2.52 bits per heavy atom. The lowest BCUT2D eigenvalue weighted by Gasteiger charge is -2.11. The average Bonchev–Trinajstić information content (AvgIpc) is 3.02. The molecule has 0 saturated heterocycles. The summed E-state index contributed by atoms with van der Waals surface area (Å²) in [6.07, 6.45) is 1.86. The average molecular weight is 388 g/mol. The van der Waals surface area contributed by atoms with Gasteiger partial charge in [0.05, 0.1) is 0 Å². The SMILES string of the molecule is Cc1ccc2nc(-c3ccccc3F)c(NC(=O)Nc3ccc(C)c(C)c3)n2c1. The van der Waals surface area contributed by atoms with Crippen molar-refractivity contribution in [3.8, 4) is 11.3 Å². The molecule has 2 heterocycles. The minimum Gasteiger partial charge on any atom is -0.308 e. The Morgan fingerprint density at radius 1 is 0.966 bits per heavy atom. The molecule has 0 aliphatic rings. The molecular weight excluding hydrogens is 367 g/mol. The summed E-state index contributed by atoms with van der Waals surface area (Å²) < 4.78 is 16.2. The summed E-state index contributed by atoms with van der Waals surface area (Å²) in [6, 6.07) is 15.4. The van der Waals surface area contributed by atoms with E-state index in [1.54, 1.807) is 22.6 Å². The molecule has 5 nitrogen and oxygen atoms in total. The van der Waals surface area contributed by atoms with Gasteiger partial charge in [0.15, 0.2) is 0 Å². The van der Waals surface area contributed by atoms with E-state index >= 15 is 0 Å². The highest BCUT2D eigenvalue weighted by molar-refractivity contribution is 6.01. The van der Waals surface area contributed by atoms with Crippen molar-refractivity contribution >= 4 is 23.2 Å². The third-order valence-corrected chi connectivity index (χ3v) is 4.89. The van der Waals surface area contributed by atoms with E-state index in [1.807, 2.05) is 57.3 Å². The number of aryl methyl sites for hydroxylation is 3. The minimum absolute atomic E-state index is 0.329. The molecule has 2 aromatic heterocycles. The quantitative estimate of drug-likeness (QED) is 0.472. The fourth-order valence-electron chi connectivity index (χ4n) is 3.20. The van der Waals surface area contributed by atoms with Crippen LogP contribution >= 0.6 is 0 Å². The van der Waals surface area contributed by atoms with Crippen molar-refractivity contribution in [1.29, 1.82) is 0 Å². The maximum atomic E-state index is 14.5. The zero-order valence-electron chi connectivity index (χ0n) is 16.5. The number of nitrogens with one attached hydrogen (secondary N) is 2. The van der Waals surface area contributed by atoms with Crippen LogP contribution in [0.3, 0.4) is 0 Å². The van der Waals surface area contributed by atoms with Gasteiger partial charge in [-0.05, 0) is 67.8 Å². The third-order valence-electron chi connectivity index (χ3n) is 4.89. The van der Waals surface area contributed by atoms with Crippen molar-refractivity contribution in [3.63, 3.8) is 0 Å². The number of urea groups is 1. The first-order valence-corrected chi connectivity index (χ1v) is 9.31. The maximum absolute atomic E-state index is 14.5. The first-order chi connectivity index (χ1) is 13.9. The van der Waals surface area contributed by atoms with Gasteiger partial charge in [0.1, 0.15) is 23.0 Å². The van der Waals surface area contributed by atoms with Gasteiger partial charge < -0.3 is 5.32 Å². The van der Waals surface area contributed by atoms with Crippen molar-refractivity contribution in [1.82, 2.24) is 9.38 Å². The number of pyridine rings is 1. The second-order valence-electron chi connectivity index (χ2n) is 7.10. The summed E-state index contributed by atoms with van der Waals surface area (Å²) in [4.78, 5) is 17.3. The molecule has 2 aromatic carbocycles. The number of aromatic nitrogens is 2. The first kappa shape index (κ1) is 18.7. The van der Waals surface area contributed by atoms with Gasteiger partial charge in [-0.2, -0.15) is 0 Å². The van der Waals surface area contributed by atoms with E-state index in [0.29, 0.717) is 28.4 Å². The van der Waals surface area contributed by atoms with E-state index in [2.05, 4.69) is 15.6 Å². The molecule has 0 spiro atoms. The molecule has 2 N–H and O–H groups in total. The molecule has 0 saturated carbocycles. The molecule has 146 valence electrons. The fourth-order valence-corrected chi connectivity index (χ4v) is 3.20. The van der Waals surface area contributed by atoms with Crippen LogP contribution in [0.2, 0.25) is 0 Å². The van der Waals surface area contributed by atoms with Crippen LogP contribution in [0.5, 0.6) is 0 Å². The van der Waals surface area contributed by atoms with Crippen LogP contribution in [-0.4, -0.2) is 15.4 Å². The van der Waals surface area contributed by atoms with Crippen LogP contribution in [0.15, 0.2) is 60.8 Å². The van der Waals surface area contributed by atoms with Crippen LogP contribution in [0, 0.1) is 26.6 Å². The molecule has 0 fully saturated rings. The maximum Gasteiger partial charge on any atom is 0.324 e. The zero-order chi connectivity index (χ0) is 20.5. The normalized spacial score (nSPS) is 10.9. The van der Waals surface area contributed by atoms with Crippen LogP contribution in [0.25, 0.3) is 16.9 Å². The Balaban J connectivity index is 1.74. The Labute approximate surface area is 168 Å². The summed E-state index contributed by atoms with van der Waals surface area (Å²) >= 11 is 0. The standard InChI is InChI=1S/C23H21FN4O/c1-14-8-11-20-26-21(18-6-4-5-7-19(18)24)22(28(20)13-14)27-23(29)25-17-10-9-15(2)16(3)12-17/h4-13H,1-3H3,(H2,25,27,29). The molecule has 0 aliphatic carbocycles. The third kappa shape index (κ3) is 3.69. The molecule has 0 radical (unpaired) electrons. The largest absolute Gasteiger partial charge is 0.324 e. The van der Waals surface area contributed by atoms with E-state index in [-0.39, 0.29) is 0 Å². The lowest BCUT2D eigenvalue weighted by molar-refractivity contribution is 0.262. The summed E-state index contributed by atoms with van der Waals surface area (Å²) in [7, 11) is 0. The van der Waals surface area contributed by atoms with Gasteiger partial charge in [-0.1, -0.05) is 24.3 Å². The Bertz CT molecular complexity index is 1230. The summed E-state index contributed by atoms with van der Waals surface area (Å²) in [5, 5.41) is 5.69. The molecule has 4 aromatic rings. The number of benzene rings is 2. The van der Waals surface area contributed by atoms with Gasteiger partial charge in [0.2, 0.25) is 0 Å². The molecule has 4 rings (SSSR count). The van der Waals surface area contributed by atoms with Crippen LogP contribution in [-0.2, 0) is 0 Å². The van der Waals surface area contributed by atoms with Crippen LogP contribution in [0.4, 0.5) is 20.7 Å². The van der Waals surface area contributed by atoms with E-state index in [4.69, 9.17) is 0 Å². The van der Waals surface area contributed by atoms with E-state index in [9.17, 15) is 9.18 Å². The number of hydrogen-bond acceptors (Lipinski definition) is 2. The zero-order valence-corrected chi connectivity index (χ0v) is 16.5. The number of carbonyl (C=O) groups excluding carboxylic acids is 1. The number of anilines is 2. The van der Waals surface area contributed by atoms with Crippen molar-refractivity contribution in [3.05, 3.63) is 83.3 Å². The predicted octanol–water partition coefficient (Wildman–Crippen LogP) is 5.71. The second-order valence-corrected chi connectivity index (χ2v) is 7.10. The lowest BCUT2D eigenvalue weighted by Crippen LogP contribution is -2.21. The molecule has 2 amide bonds. The lowest BCUT2D eigenvalue weighted by atomic mass is 10.1. The number of amides is 2. The Morgan fingerprint density at radius 2 is 1.76 bits per heavy atom. The van der Waals surface area contributed by atoms with Crippen LogP contribution in [0.1, 0.15) is 16.7 Å². The second kappa shape index (κ2) is 7.39. The van der Waals surface area contributed by atoms with E-state index < -0.39 is 11.8 Å². The highest BCUT2D eigenvalue weighted by atomic mass is 19.1. The van der Waals surface area contributed by atoms with E-state index in [0.717, 1.165) is 16.7 Å².